The van der Waals surface area contributed by atoms with Crippen molar-refractivity contribution in [3.63, 3.8) is 0 Å². The van der Waals surface area contributed by atoms with Gasteiger partial charge in [-0.25, -0.2) is 4.98 Å². The van der Waals surface area contributed by atoms with Gasteiger partial charge in [0, 0.05) is 23.7 Å². The summed E-state index contributed by atoms with van der Waals surface area (Å²) in [6, 6.07) is 8.67. The Balaban J connectivity index is 1.65. The number of amides is 2. The number of pyridine rings is 1. The van der Waals surface area contributed by atoms with Gasteiger partial charge in [-0.15, -0.1) is 5.10 Å². The van der Waals surface area contributed by atoms with Crippen molar-refractivity contribution in [2.45, 2.75) is 6.61 Å². The van der Waals surface area contributed by atoms with Crippen molar-refractivity contribution in [2.75, 3.05) is 31.2 Å². The Morgan fingerprint density at radius 1 is 1.12 bits per heavy atom. The Kier molecular flexibility index (Phi) is 6.49. The Morgan fingerprint density at radius 3 is 2.50 bits per heavy atom. The number of anilines is 1. The molecule has 3 aromatic rings. The van der Waals surface area contributed by atoms with E-state index in [4.69, 9.17) is 32.5 Å². The van der Waals surface area contributed by atoms with E-state index < -0.39 is 11.8 Å². The van der Waals surface area contributed by atoms with Crippen LogP contribution in [-0.4, -0.2) is 53.3 Å². The van der Waals surface area contributed by atoms with E-state index >= 15 is 0 Å². The standard InChI is InChI=1S/C20H19ClN6O4S/c21-12-3-1-11(2-4-12)10-31-20-26-25-19(32-20)13-9-14(16(22)28)18(24-15(13)17(23)29)27-5-7-30-8-6-27/h1-4,9H,5-8,10H2,(H2,22,28)(H2,23,29). The van der Waals surface area contributed by atoms with Crippen LogP contribution in [0.3, 0.4) is 0 Å². The van der Waals surface area contributed by atoms with Crippen LogP contribution in [0.1, 0.15) is 26.4 Å². The molecule has 0 bridgehead atoms. The van der Waals surface area contributed by atoms with Crippen molar-refractivity contribution in [3.8, 4) is 15.8 Å². The number of nitrogens with two attached hydrogens (primary N) is 2. The number of carbonyl (C=O) groups excluding carboxylic acids is 2. The molecular formula is C20H19ClN6O4S. The summed E-state index contributed by atoms with van der Waals surface area (Å²) in [7, 11) is 0. The molecule has 0 saturated carbocycles. The second kappa shape index (κ2) is 9.47. The molecule has 10 nitrogen and oxygen atoms in total. The number of aromatic nitrogens is 3. The second-order valence-corrected chi connectivity index (χ2v) is 8.25. The summed E-state index contributed by atoms with van der Waals surface area (Å²) in [6.07, 6.45) is 0. The molecule has 3 heterocycles. The number of carbonyl (C=O) groups is 2. The number of hydrogen-bond donors (Lipinski definition) is 2. The van der Waals surface area contributed by atoms with Crippen molar-refractivity contribution in [1.29, 1.82) is 0 Å². The fourth-order valence-corrected chi connectivity index (χ4v) is 3.99. The zero-order valence-electron chi connectivity index (χ0n) is 16.8. The fourth-order valence-electron chi connectivity index (χ4n) is 3.15. The molecule has 12 heteroatoms. The molecule has 166 valence electrons. The molecular weight excluding hydrogens is 456 g/mol. The van der Waals surface area contributed by atoms with E-state index in [0.717, 1.165) is 16.9 Å². The van der Waals surface area contributed by atoms with Crippen molar-refractivity contribution in [2.24, 2.45) is 11.5 Å². The monoisotopic (exact) mass is 474 g/mol. The molecule has 1 saturated heterocycles. The molecule has 32 heavy (non-hydrogen) atoms. The lowest BCUT2D eigenvalue weighted by Gasteiger charge is -2.29. The van der Waals surface area contributed by atoms with Crippen molar-refractivity contribution >= 4 is 40.6 Å². The summed E-state index contributed by atoms with van der Waals surface area (Å²) in [4.78, 5) is 30.5. The van der Waals surface area contributed by atoms with Crippen LogP contribution in [-0.2, 0) is 11.3 Å². The van der Waals surface area contributed by atoms with E-state index in [1.807, 2.05) is 17.0 Å². The summed E-state index contributed by atoms with van der Waals surface area (Å²) in [5.41, 5.74) is 12.5. The Labute approximate surface area is 192 Å². The lowest BCUT2D eigenvalue weighted by Crippen LogP contribution is -2.38. The van der Waals surface area contributed by atoms with Crippen LogP contribution in [0.4, 0.5) is 5.82 Å². The zero-order valence-corrected chi connectivity index (χ0v) is 18.4. The number of halogens is 1. The summed E-state index contributed by atoms with van der Waals surface area (Å²) in [5.74, 6) is -1.15. The number of benzene rings is 1. The predicted octanol–water partition coefficient (Wildman–Crippen LogP) is 1.87. The van der Waals surface area contributed by atoms with Gasteiger partial charge in [0.2, 0.25) is 0 Å². The van der Waals surface area contributed by atoms with Crippen molar-refractivity contribution in [3.05, 3.63) is 52.2 Å². The molecule has 1 aliphatic rings. The molecule has 0 aliphatic carbocycles. The van der Waals surface area contributed by atoms with E-state index in [0.29, 0.717) is 42.2 Å². The first-order chi connectivity index (χ1) is 15.4. The Morgan fingerprint density at radius 2 is 1.84 bits per heavy atom. The molecule has 0 unspecified atom stereocenters. The molecule has 0 atom stereocenters. The highest BCUT2D eigenvalue weighted by Crippen LogP contribution is 2.33. The summed E-state index contributed by atoms with van der Waals surface area (Å²) in [5, 5.41) is 9.33. The van der Waals surface area contributed by atoms with Crippen LogP contribution in [0.2, 0.25) is 5.02 Å². The lowest BCUT2D eigenvalue weighted by molar-refractivity contribution is 0.0983. The average Bonchev–Trinajstić information content (AvgIpc) is 3.27. The minimum Gasteiger partial charge on any atom is -0.464 e. The summed E-state index contributed by atoms with van der Waals surface area (Å²) < 4.78 is 11.0. The number of rotatable bonds is 7. The van der Waals surface area contributed by atoms with Gasteiger partial charge >= 0.3 is 0 Å². The summed E-state index contributed by atoms with van der Waals surface area (Å²) in [6.45, 7) is 2.21. The van der Waals surface area contributed by atoms with Gasteiger partial charge in [0.15, 0.2) is 5.01 Å². The van der Waals surface area contributed by atoms with E-state index in [9.17, 15) is 9.59 Å². The molecule has 1 aliphatic heterocycles. The smallest absolute Gasteiger partial charge is 0.294 e. The van der Waals surface area contributed by atoms with E-state index in [-0.39, 0.29) is 28.6 Å². The van der Waals surface area contributed by atoms with Crippen LogP contribution >= 0.6 is 22.9 Å². The number of hydrogen-bond acceptors (Lipinski definition) is 9. The van der Waals surface area contributed by atoms with Gasteiger partial charge in [-0.3, -0.25) is 9.59 Å². The highest BCUT2D eigenvalue weighted by Gasteiger charge is 2.26. The number of nitrogens with zero attached hydrogens (tertiary/aromatic N) is 4. The van der Waals surface area contributed by atoms with Crippen LogP contribution in [0.5, 0.6) is 5.19 Å². The Bertz CT molecular complexity index is 1150. The predicted molar refractivity (Wildman–Crippen MR) is 119 cm³/mol. The van der Waals surface area contributed by atoms with Gasteiger partial charge in [0.25, 0.3) is 17.0 Å². The topological polar surface area (TPSA) is 147 Å². The van der Waals surface area contributed by atoms with E-state index in [2.05, 4.69) is 15.2 Å². The molecule has 0 radical (unpaired) electrons. The third-order valence-electron chi connectivity index (χ3n) is 4.72. The van der Waals surface area contributed by atoms with E-state index in [1.54, 1.807) is 12.1 Å². The maximum absolute atomic E-state index is 12.2. The van der Waals surface area contributed by atoms with Gasteiger partial charge in [-0.05, 0) is 23.8 Å². The first-order valence-corrected chi connectivity index (χ1v) is 10.8. The third kappa shape index (κ3) is 4.79. The highest BCUT2D eigenvalue weighted by molar-refractivity contribution is 7.16. The number of primary amides is 2. The van der Waals surface area contributed by atoms with Gasteiger partial charge in [-0.1, -0.05) is 40.2 Å². The van der Waals surface area contributed by atoms with Gasteiger partial charge < -0.3 is 25.8 Å². The molecule has 1 fully saturated rings. The van der Waals surface area contributed by atoms with Crippen LogP contribution in [0, 0.1) is 0 Å². The lowest BCUT2D eigenvalue weighted by atomic mass is 10.1. The zero-order chi connectivity index (χ0) is 22.7. The first kappa shape index (κ1) is 21.9. The molecule has 4 N–H and O–H groups in total. The highest BCUT2D eigenvalue weighted by atomic mass is 35.5. The van der Waals surface area contributed by atoms with Gasteiger partial charge in [0.1, 0.15) is 18.1 Å². The Hall–Kier alpha value is -3.28. The minimum atomic E-state index is -0.760. The van der Waals surface area contributed by atoms with E-state index in [1.165, 1.54) is 6.07 Å². The molecule has 4 rings (SSSR count). The molecule has 0 spiro atoms. The van der Waals surface area contributed by atoms with Crippen molar-refractivity contribution < 1.29 is 19.1 Å². The second-order valence-electron chi connectivity index (χ2n) is 6.87. The number of ether oxygens (including phenoxy) is 2. The largest absolute Gasteiger partial charge is 0.464 e. The average molecular weight is 475 g/mol. The van der Waals surface area contributed by atoms with Gasteiger partial charge in [0.05, 0.1) is 18.8 Å². The SMILES string of the molecule is NC(=O)c1cc(-c2nnc(OCc3ccc(Cl)cc3)s2)c(C(N)=O)nc1N1CCOCC1. The first-order valence-electron chi connectivity index (χ1n) is 9.61. The molecule has 2 amide bonds. The fraction of sp³-hybridized carbons (Fsp3) is 0.250. The molecule has 2 aromatic heterocycles. The maximum Gasteiger partial charge on any atom is 0.294 e. The number of morpholine rings is 1. The maximum atomic E-state index is 12.2. The minimum absolute atomic E-state index is 0.0307. The quantitative estimate of drug-likeness (QED) is 0.527. The van der Waals surface area contributed by atoms with Gasteiger partial charge in [-0.2, -0.15) is 0 Å². The third-order valence-corrected chi connectivity index (χ3v) is 5.85. The summed E-state index contributed by atoms with van der Waals surface area (Å²) >= 11 is 6.99. The van der Waals surface area contributed by atoms with Crippen LogP contribution < -0.4 is 21.1 Å². The normalized spacial score (nSPS) is 13.7. The van der Waals surface area contributed by atoms with Crippen LogP contribution in [0.25, 0.3) is 10.6 Å². The molecule has 1 aromatic carbocycles. The van der Waals surface area contributed by atoms with Crippen molar-refractivity contribution in [1.82, 2.24) is 15.2 Å². The van der Waals surface area contributed by atoms with Crippen LogP contribution in [0.15, 0.2) is 30.3 Å².